The number of carboxylic acids is 1. The van der Waals surface area contributed by atoms with Crippen LogP contribution in [0.1, 0.15) is 15.5 Å². The molecule has 1 saturated heterocycles. The van der Waals surface area contributed by atoms with Crippen LogP contribution >= 0.6 is 50.8 Å². The Kier molecular flexibility index (Phi) is 5.92. The molecule has 158 valence electrons. The van der Waals surface area contributed by atoms with Crippen LogP contribution in [-0.2, 0) is 16.6 Å². The lowest BCUT2D eigenvalue weighted by atomic mass is 10.0. The summed E-state index contributed by atoms with van der Waals surface area (Å²) in [5.74, 6) is -1.20. The zero-order valence-corrected chi connectivity index (χ0v) is 19.7. The Morgan fingerprint density at radius 1 is 1.43 bits per heavy atom. The van der Waals surface area contributed by atoms with Crippen LogP contribution in [0.25, 0.3) is 0 Å². The lowest BCUT2D eigenvalue weighted by Gasteiger charge is -2.49. The molecule has 0 aromatic carbocycles. The molecular weight excluding hydrogens is 516 g/mol. The molecule has 2 aliphatic heterocycles. The van der Waals surface area contributed by atoms with Crippen LogP contribution < -0.4 is 5.32 Å². The number of halogens is 1. The normalized spacial score (nSPS) is 20.8. The third-order valence-corrected chi connectivity index (χ3v) is 8.50. The first kappa shape index (κ1) is 21.3. The third-order valence-electron chi connectivity index (χ3n) is 4.52. The fourth-order valence-electron chi connectivity index (χ4n) is 3.16. The number of nitrogens with one attached hydrogen (secondary N) is 1. The predicted octanol–water partition coefficient (Wildman–Crippen LogP) is 1.49. The summed E-state index contributed by atoms with van der Waals surface area (Å²) >= 11 is 7.53. The van der Waals surface area contributed by atoms with Gasteiger partial charge in [0.2, 0.25) is 0 Å². The minimum atomic E-state index is -1.16. The maximum atomic E-state index is 12.7. The molecule has 2 aliphatic rings. The van der Waals surface area contributed by atoms with E-state index in [-0.39, 0.29) is 5.70 Å². The van der Waals surface area contributed by atoms with Gasteiger partial charge in [-0.3, -0.25) is 19.2 Å². The summed E-state index contributed by atoms with van der Waals surface area (Å²) < 4.78 is 2.67. The molecule has 14 heteroatoms. The van der Waals surface area contributed by atoms with Crippen LogP contribution in [0.5, 0.6) is 0 Å². The average molecular weight is 531 g/mol. The van der Waals surface area contributed by atoms with Crippen molar-refractivity contribution in [1.82, 2.24) is 30.2 Å². The highest BCUT2D eigenvalue weighted by Gasteiger charge is 2.54. The van der Waals surface area contributed by atoms with Crippen molar-refractivity contribution in [3.05, 3.63) is 32.6 Å². The second kappa shape index (κ2) is 8.32. The summed E-state index contributed by atoms with van der Waals surface area (Å²) in [6, 6.07) is -0.793. The fourth-order valence-corrected chi connectivity index (χ4v) is 6.98. The van der Waals surface area contributed by atoms with Gasteiger partial charge in [-0.15, -0.1) is 22.0 Å². The molecule has 0 saturated carbocycles. The molecule has 30 heavy (non-hydrogen) atoms. The molecule has 2 unspecified atom stereocenters. The number of aryl methyl sites for hydroxylation is 2. The van der Waals surface area contributed by atoms with Crippen molar-refractivity contribution in [2.24, 2.45) is 7.05 Å². The van der Waals surface area contributed by atoms with Crippen LogP contribution in [0.15, 0.2) is 26.3 Å². The number of amides is 2. The first-order valence-electron chi connectivity index (χ1n) is 8.59. The van der Waals surface area contributed by atoms with Crippen molar-refractivity contribution in [1.29, 1.82) is 0 Å². The molecule has 10 nitrogen and oxygen atoms in total. The number of carbonyl (C=O) groups excluding carboxylic acids is 2. The lowest BCUT2D eigenvalue weighted by Crippen LogP contribution is -2.70. The molecule has 0 aliphatic carbocycles. The first-order valence-corrected chi connectivity index (χ1v) is 12.2. The number of nitrogens with zero attached hydrogens (tertiary/aromatic N) is 5. The van der Waals surface area contributed by atoms with E-state index < -0.39 is 29.2 Å². The molecule has 2 atom stereocenters. The molecule has 2 amide bonds. The summed E-state index contributed by atoms with van der Waals surface area (Å²) in [5, 5.41) is 24.8. The van der Waals surface area contributed by atoms with Crippen LogP contribution in [0.3, 0.4) is 0 Å². The van der Waals surface area contributed by atoms with Gasteiger partial charge in [-0.25, -0.2) is 4.79 Å². The van der Waals surface area contributed by atoms with E-state index in [4.69, 9.17) is 0 Å². The Morgan fingerprint density at radius 3 is 2.80 bits per heavy atom. The van der Waals surface area contributed by atoms with Crippen LogP contribution in [0, 0.1) is 6.92 Å². The quantitative estimate of drug-likeness (QED) is 0.421. The summed E-state index contributed by atoms with van der Waals surface area (Å²) in [6.45, 7) is 1.85. The average Bonchev–Trinajstić information content (AvgIpc) is 3.27. The number of aromatic nitrogens is 4. The van der Waals surface area contributed by atoms with Gasteiger partial charge in [0.15, 0.2) is 4.34 Å². The second-order valence-electron chi connectivity index (χ2n) is 6.46. The number of hydrogen-bond acceptors (Lipinski definition) is 9. The number of β-lactam (4-membered cyclic amide) rings is 1. The van der Waals surface area contributed by atoms with E-state index in [0.29, 0.717) is 27.2 Å². The maximum absolute atomic E-state index is 12.7. The number of fused-ring (bicyclic) bond motifs is 1. The summed E-state index contributed by atoms with van der Waals surface area (Å²) in [5.41, 5.74) is 0.930. The van der Waals surface area contributed by atoms with Crippen LogP contribution in [-0.4, -0.2) is 70.7 Å². The monoisotopic (exact) mass is 530 g/mol. The predicted molar refractivity (Wildman–Crippen MR) is 115 cm³/mol. The maximum Gasteiger partial charge on any atom is 0.352 e. The van der Waals surface area contributed by atoms with E-state index in [1.165, 1.54) is 50.6 Å². The van der Waals surface area contributed by atoms with Crippen molar-refractivity contribution in [2.75, 3.05) is 11.5 Å². The van der Waals surface area contributed by atoms with Crippen LogP contribution in [0.4, 0.5) is 0 Å². The molecule has 0 radical (unpaired) electrons. The van der Waals surface area contributed by atoms with Gasteiger partial charge in [-0.1, -0.05) is 23.1 Å². The number of thioether (sulfide) groups is 2. The van der Waals surface area contributed by atoms with Crippen molar-refractivity contribution >= 4 is 68.6 Å². The van der Waals surface area contributed by atoms with E-state index in [9.17, 15) is 19.5 Å². The van der Waals surface area contributed by atoms with Gasteiger partial charge in [-0.05, 0) is 28.4 Å². The molecule has 2 aromatic heterocycles. The van der Waals surface area contributed by atoms with E-state index in [1.807, 2.05) is 6.92 Å². The standard InChI is InChI=1S/C16H15BrN6O4S3/c1-6-20-21-16(30-6)29-5-7-4-28-14-9(13(25)23(14)10(7)15(26)27)19-12(24)11-8(17)3-18-22(11)2/h3,9,14H,4-5H2,1-2H3,(H,19,24)(H,26,27). The summed E-state index contributed by atoms with van der Waals surface area (Å²) in [4.78, 5) is 38.5. The number of carbonyl (C=O) groups is 3. The van der Waals surface area contributed by atoms with E-state index in [1.54, 1.807) is 7.05 Å². The van der Waals surface area contributed by atoms with Crippen molar-refractivity contribution in [2.45, 2.75) is 22.7 Å². The Morgan fingerprint density at radius 2 is 2.20 bits per heavy atom. The molecule has 0 spiro atoms. The lowest BCUT2D eigenvalue weighted by molar-refractivity contribution is -0.148. The second-order valence-corrected chi connectivity index (χ2v) is 10.8. The van der Waals surface area contributed by atoms with Gasteiger partial charge in [0.1, 0.15) is 27.8 Å². The highest BCUT2D eigenvalue weighted by molar-refractivity contribution is 9.10. The van der Waals surface area contributed by atoms with E-state index in [2.05, 4.69) is 36.5 Å². The smallest absolute Gasteiger partial charge is 0.352 e. The topological polar surface area (TPSA) is 130 Å². The van der Waals surface area contributed by atoms with Crippen LogP contribution in [0.2, 0.25) is 0 Å². The van der Waals surface area contributed by atoms with E-state index in [0.717, 1.165) is 9.35 Å². The molecule has 0 bridgehead atoms. The largest absolute Gasteiger partial charge is 0.477 e. The molecule has 4 heterocycles. The molecule has 2 N–H and O–H groups in total. The van der Waals surface area contributed by atoms with Gasteiger partial charge in [0, 0.05) is 18.6 Å². The molecule has 2 aromatic rings. The van der Waals surface area contributed by atoms with Gasteiger partial charge in [0.05, 0.1) is 10.7 Å². The minimum Gasteiger partial charge on any atom is -0.477 e. The highest BCUT2D eigenvalue weighted by Crippen LogP contribution is 2.41. The Bertz CT molecular complexity index is 1060. The highest BCUT2D eigenvalue weighted by atomic mass is 79.9. The van der Waals surface area contributed by atoms with Crippen molar-refractivity contribution in [3.63, 3.8) is 0 Å². The van der Waals surface area contributed by atoms with Gasteiger partial charge in [-0.2, -0.15) is 5.10 Å². The Labute approximate surface area is 191 Å². The summed E-state index contributed by atoms with van der Waals surface area (Å²) in [6.07, 6.45) is 1.49. The first-order chi connectivity index (χ1) is 14.3. The van der Waals surface area contributed by atoms with Crippen molar-refractivity contribution in [3.8, 4) is 0 Å². The third kappa shape index (κ3) is 3.76. The van der Waals surface area contributed by atoms with Gasteiger partial charge in [0.25, 0.3) is 11.8 Å². The SMILES string of the molecule is Cc1nnc(SCC2=C(C(=O)O)N3C(=O)C(NC(=O)c4c(Br)cnn4C)C3SC2)s1. The number of rotatable bonds is 6. The minimum absolute atomic E-state index is 0.00954. The number of hydrogen-bond donors (Lipinski definition) is 2. The fraction of sp³-hybridized carbons (Fsp3) is 0.375. The van der Waals surface area contributed by atoms with E-state index >= 15 is 0 Å². The van der Waals surface area contributed by atoms with Crippen molar-refractivity contribution < 1.29 is 19.5 Å². The van der Waals surface area contributed by atoms with Gasteiger partial charge >= 0.3 is 5.97 Å². The Balaban J connectivity index is 1.50. The molecule has 1 fully saturated rings. The molecular formula is C16H15BrN6O4S3. The zero-order valence-electron chi connectivity index (χ0n) is 15.7. The number of carboxylic acid groups (broad SMARTS) is 1. The van der Waals surface area contributed by atoms with Gasteiger partial charge < -0.3 is 10.4 Å². The molecule has 4 rings (SSSR count). The Hall–Kier alpha value is -1.90. The summed E-state index contributed by atoms with van der Waals surface area (Å²) in [7, 11) is 1.62. The zero-order chi connectivity index (χ0) is 21.6. The number of aliphatic carboxylic acids is 1.